The summed E-state index contributed by atoms with van der Waals surface area (Å²) in [7, 11) is 1.86. The first-order chi connectivity index (χ1) is 19.4. The maximum atomic E-state index is 13.7. The molecule has 3 rings (SSSR count). The number of hydrogen-bond donors (Lipinski definition) is 0. The van der Waals surface area contributed by atoms with Crippen LogP contribution in [0.4, 0.5) is 0 Å². The summed E-state index contributed by atoms with van der Waals surface area (Å²) in [6, 6.07) is 15.6. The van der Waals surface area contributed by atoms with Gasteiger partial charge in [-0.1, -0.05) is 75.1 Å². The van der Waals surface area contributed by atoms with E-state index in [9.17, 15) is 4.79 Å². The van der Waals surface area contributed by atoms with E-state index in [0.29, 0.717) is 26.2 Å². The molecule has 0 amide bonds. The molecule has 0 aromatic heterocycles. The van der Waals surface area contributed by atoms with E-state index < -0.39 is 19.6 Å². The van der Waals surface area contributed by atoms with Crippen LogP contribution in [0.25, 0.3) is 0 Å². The molecular formula is C34H48O6Si. The van der Waals surface area contributed by atoms with Crippen molar-refractivity contribution >= 4 is 13.9 Å². The van der Waals surface area contributed by atoms with Gasteiger partial charge in [0.2, 0.25) is 0 Å². The van der Waals surface area contributed by atoms with Crippen LogP contribution < -0.4 is 9.47 Å². The number of carbonyl (C=O) groups excluding carboxylic acids is 1. The van der Waals surface area contributed by atoms with Gasteiger partial charge in [-0.3, -0.25) is 4.79 Å². The Balaban J connectivity index is 1.62. The van der Waals surface area contributed by atoms with Crippen LogP contribution in [0.3, 0.4) is 0 Å². The molecule has 0 aliphatic carbocycles. The highest BCUT2D eigenvalue weighted by Crippen LogP contribution is 2.33. The third kappa shape index (κ3) is 10.3. The van der Waals surface area contributed by atoms with Crippen molar-refractivity contribution in [3.8, 4) is 11.5 Å². The van der Waals surface area contributed by atoms with Gasteiger partial charge >= 0.3 is 0 Å². The molecule has 1 saturated heterocycles. The molecule has 1 fully saturated rings. The monoisotopic (exact) mass is 580 g/mol. The standard InChI is InChI=1S/C34H48O6Si/c1-9-33(39-22-26-12-16-29(37-5)17-13-26)34(2,3)32(35)20-30-18-27(24-41(6,7)8)19-31(40-30)23-38-21-25-10-14-28(36-4)15-11-25/h9-17,24,30-31,33H,1,18-23H2,2-8H3/b27-24+/t30-,31+,33-/m0/s1. The highest BCUT2D eigenvalue weighted by Gasteiger charge is 2.38. The van der Waals surface area contributed by atoms with Gasteiger partial charge in [-0.05, 0) is 48.2 Å². The minimum absolute atomic E-state index is 0.0907. The van der Waals surface area contributed by atoms with E-state index in [1.807, 2.05) is 62.4 Å². The summed E-state index contributed by atoms with van der Waals surface area (Å²) in [5.74, 6) is 1.73. The normalized spacial score (nSPS) is 19.5. The van der Waals surface area contributed by atoms with E-state index in [1.165, 1.54) is 5.57 Å². The molecular weight excluding hydrogens is 532 g/mol. The highest BCUT2D eigenvalue weighted by atomic mass is 28.3. The van der Waals surface area contributed by atoms with Crippen molar-refractivity contribution in [2.45, 2.75) is 84.3 Å². The van der Waals surface area contributed by atoms with Crippen molar-refractivity contribution in [2.75, 3.05) is 20.8 Å². The number of Topliss-reactive ketones (excluding diaryl/α,β-unsaturated/α-hetero) is 1. The molecule has 0 unspecified atom stereocenters. The first kappa shape index (κ1) is 32.8. The summed E-state index contributed by atoms with van der Waals surface area (Å²) in [6.45, 7) is 16.2. The average Bonchev–Trinajstić information content (AvgIpc) is 2.93. The smallest absolute Gasteiger partial charge is 0.143 e. The van der Waals surface area contributed by atoms with Crippen molar-refractivity contribution in [3.05, 3.63) is 83.6 Å². The number of rotatable bonds is 15. The Hall–Kier alpha value is -2.71. The van der Waals surface area contributed by atoms with Crippen LogP contribution in [0.1, 0.15) is 44.2 Å². The molecule has 0 N–H and O–H groups in total. The summed E-state index contributed by atoms with van der Waals surface area (Å²) < 4.78 is 29.2. The third-order valence-electron chi connectivity index (χ3n) is 7.38. The highest BCUT2D eigenvalue weighted by molar-refractivity contribution is 6.81. The SMILES string of the molecule is C=C[C@H](OCc1ccc(OC)cc1)C(C)(C)C(=O)C[C@@H]1C/C(=C\[Si](C)(C)C)C[C@H](COCc2ccc(OC)cc2)O1. The van der Waals surface area contributed by atoms with Crippen molar-refractivity contribution in [2.24, 2.45) is 5.41 Å². The average molecular weight is 581 g/mol. The molecule has 1 heterocycles. The summed E-state index contributed by atoms with van der Waals surface area (Å²) in [5.41, 5.74) is 5.17. The molecule has 0 spiro atoms. The van der Waals surface area contributed by atoms with Crippen molar-refractivity contribution in [3.63, 3.8) is 0 Å². The lowest BCUT2D eigenvalue weighted by atomic mass is 9.79. The van der Waals surface area contributed by atoms with Crippen LogP contribution in [0, 0.1) is 5.41 Å². The third-order valence-corrected chi connectivity index (χ3v) is 8.65. The summed E-state index contributed by atoms with van der Waals surface area (Å²) in [4.78, 5) is 13.7. The Kier molecular flexibility index (Phi) is 12.0. The van der Waals surface area contributed by atoms with Gasteiger partial charge in [0.25, 0.3) is 0 Å². The Morgan fingerprint density at radius 1 is 0.951 bits per heavy atom. The van der Waals surface area contributed by atoms with Gasteiger partial charge in [-0.2, -0.15) is 0 Å². The molecule has 1 aliphatic heterocycles. The minimum Gasteiger partial charge on any atom is -0.497 e. The maximum absolute atomic E-state index is 13.7. The zero-order chi connectivity index (χ0) is 30.0. The van der Waals surface area contributed by atoms with Crippen LogP contribution >= 0.6 is 0 Å². The fourth-order valence-corrected chi connectivity index (χ4v) is 6.58. The molecule has 0 radical (unpaired) electrons. The molecule has 2 aromatic rings. The first-order valence-electron chi connectivity index (χ1n) is 14.4. The topological polar surface area (TPSA) is 63.2 Å². The molecule has 7 heteroatoms. The zero-order valence-electron chi connectivity index (χ0n) is 25.9. The van der Waals surface area contributed by atoms with Gasteiger partial charge in [0, 0.05) is 6.42 Å². The van der Waals surface area contributed by atoms with E-state index in [1.54, 1.807) is 20.3 Å². The number of carbonyl (C=O) groups is 1. The summed E-state index contributed by atoms with van der Waals surface area (Å²) >= 11 is 0. The van der Waals surface area contributed by atoms with Crippen LogP contribution in [-0.4, -0.2) is 53.0 Å². The Bertz CT molecular complexity index is 1150. The van der Waals surface area contributed by atoms with Gasteiger partial charge in [0.05, 0.1) is 65.8 Å². The quantitative estimate of drug-likeness (QED) is 0.162. The Labute approximate surface area is 247 Å². The molecule has 3 atom stereocenters. The van der Waals surface area contributed by atoms with E-state index in [2.05, 4.69) is 31.9 Å². The zero-order valence-corrected chi connectivity index (χ0v) is 26.9. The summed E-state index contributed by atoms with van der Waals surface area (Å²) in [6.07, 6.45) is 2.94. The van der Waals surface area contributed by atoms with E-state index in [0.717, 1.165) is 35.5 Å². The molecule has 41 heavy (non-hydrogen) atoms. The molecule has 6 nitrogen and oxygen atoms in total. The molecule has 224 valence electrons. The van der Waals surface area contributed by atoms with Gasteiger partial charge < -0.3 is 23.7 Å². The number of methoxy groups -OCH3 is 2. The fourth-order valence-electron chi connectivity index (χ4n) is 5.12. The summed E-state index contributed by atoms with van der Waals surface area (Å²) in [5, 5.41) is 0. The van der Waals surface area contributed by atoms with Gasteiger partial charge in [0.15, 0.2) is 0 Å². The second-order valence-electron chi connectivity index (χ2n) is 12.5. The minimum atomic E-state index is -1.44. The first-order valence-corrected chi connectivity index (χ1v) is 18.0. The second kappa shape index (κ2) is 15.0. The molecule has 2 aromatic carbocycles. The molecule has 0 saturated carbocycles. The predicted octanol–water partition coefficient (Wildman–Crippen LogP) is 7.33. The van der Waals surface area contributed by atoms with Gasteiger partial charge in [-0.25, -0.2) is 0 Å². The van der Waals surface area contributed by atoms with Crippen molar-refractivity contribution in [1.82, 2.24) is 0 Å². The van der Waals surface area contributed by atoms with Crippen LogP contribution in [0.5, 0.6) is 11.5 Å². The maximum Gasteiger partial charge on any atom is 0.143 e. The lowest BCUT2D eigenvalue weighted by molar-refractivity contribution is -0.140. The van der Waals surface area contributed by atoms with Crippen LogP contribution in [0.15, 0.2) is 72.5 Å². The molecule has 1 aliphatic rings. The van der Waals surface area contributed by atoms with Gasteiger partial charge in [-0.15, -0.1) is 6.58 Å². The lowest BCUT2D eigenvalue weighted by Gasteiger charge is -2.36. The Morgan fingerprint density at radius 3 is 2.00 bits per heavy atom. The second-order valence-corrected chi connectivity index (χ2v) is 17.5. The van der Waals surface area contributed by atoms with Crippen molar-refractivity contribution in [1.29, 1.82) is 0 Å². The number of hydrogen-bond acceptors (Lipinski definition) is 6. The largest absolute Gasteiger partial charge is 0.497 e. The van der Waals surface area contributed by atoms with Crippen molar-refractivity contribution < 1.29 is 28.5 Å². The van der Waals surface area contributed by atoms with E-state index in [4.69, 9.17) is 23.7 Å². The number of ether oxygens (including phenoxy) is 5. The van der Waals surface area contributed by atoms with Crippen LogP contribution in [-0.2, 0) is 32.2 Å². The Morgan fingerprint density at radius 2 is 1.49 bits per heavy atom. The fraction of sp³-hybridized carbons (Fsp3) is 0.500. The number of ketones is 1. The van der Waals surface area contributed by atoms with E-state index >= 15 is 0 Å². The van der Waals surface area contributed by atoms with E-state index in [-0.39, 0.29) is 18.0 Å². The predicted molar refractivity (Wildman–Crippen MR) is 167 cm³/mol. The van der Waals surface area contributed by atoms with Gasteiger partial charge in [0.1, 0.15) is 17.3 Å². The number of benzene rings is 2. The lowest BCUT2D eigenvalue weighted by Crippen LogP contribution is -2.41. The molecule has 0 bridgehead atoms. The van der Waals surface area contributed by atoms with Crippen LogP contribution in [0.2, 0.25) is 19.6 Å².